The molecule has 2 amide bonds. The molecule has 4 rings (SSSR count). The molecule has 2 N–H and O–H groups in total. The molecule has 0 saturated carbocycles. The number of benzene rings is 3. The molecule has 0 unspecified atom stereocenters. The van der Waals surface area contributed by atoms with Gasteiger partial charge in [-0.3, -0.25) is 9.59 Å². The summed E-state index contributed by atoms with van der Waals surface area (Å²) in [5.41, 5.74) is 5.07. The van der Waals surface area contributed by atoms with Crippen LogP contribution in [0.4, 0.5) is 0 Å². The van der Waals surface area contributed by atoms with Crippen molar-refractivity contribution in [3.05, 3.63) is 95.6 Å². The lowest BCUT2D eigenvalue weighted by molar-refractivity contribution is -0.596. The number of nitrogens with one attached hydrogen (secondary N) is 2. The van der Waals surface area contributed by atoms with E-state index in [4.69, 9.17) is 9.47 Å². The second-order valence-electron chi connectivity index (χ2n) is 7.30. The van der Waals surface area contributed by atoms with Gasteiger partial charge in [-0.25, -0.2) is 0 Å². The van der Waals surface area contributed by atoms with E-state index in [-0.39, 0.29) is 11.8 Å². The van der Waals surface area contributed by atoms with Crippen molar-refractivity contribution in [1.82, 2.24) is 10.7 Å². The Bertz CT molecular complexity index is 1150. The first-order valence-electron chi connectivity index (χ1n) is 10.2. The van der Waals surface area contributed by atoms with Gasteiger partial charge in [-0.1, -0.05) is 48.5 Å². The van der Waals surface area contributed by atoms with Crippen molar-refractivity contribution < 1.29 is 23.7 Å². The van der Waals surface area contributed by atoms with E-state index in [9.17, 15) is 9.59 Å². The number of hydrazone groups is 1. The molecule has 0 aromatic heterocycles. The first-order chi connectivity index (χ1) is 15.6. The average molecular weight is 430 g/mol. The van der Waals surface area contributed by atoms with Gasteiger partial charge in [0.15, 0.2) is 17.5 Å². The Hall–Kier alpha value is -4.13. The van der Waals surface area contributed by atoms with Crippen LogP contribution in [0.5, 0.6) is 11.5 Å². The minimum absolute atomic E-state index is 0.292. The number of hydrogen-bond acceptors (Lipinski definition) is 4. The highest BCUT2D eigenvalue weighted by atomic mass is 16.5. The van der Waals surface area contributed by atoms with Crippen LogP contribution in [0.1, 0.15) is 27.5 Å². The van der Waals surface area contributed by atoms with Crippen LogP contribution in [0.25, 0.3) is 0 Å². The second-order valence-corrected chi connectivity index (χ2v) is 7.30. The van der Waals surface area contributed by atoms with E-state index in [2.05, 4.69) is 10.7 Å². The SMILES string of the molecule is COc1ccc(/C=[N+]2\NC(=O)[C@H](NC(=O)c3ccccc3)[C@H]2c2ccccc2)cc1OC. The fourth-order valence-corrected chi connectivity index (χ4v) is 3.74. The number of hydrazine groups is 1. The normalized spacial score (nSPS) is 18.8. The van der Waals surface area contributed by atoms with E-state index in [1.807, 2.05) is 54.7 Å². The van der Waals surface area contributed by atoms with Crippen LogP contribution < -0.4 is 20.2 Å². The van der Waals surface area contributed by atoms with E-state index in [1.165, 1.54) is 0 Å². The molecule has 7 nitrogen and oxygen atoms in total. The minimum atomic E-state index is -0.776. The highest BCUT2D eigenvalue weighted by Gasteiger charge is 2.47. The number of hydrogen-bond donors (Lipinski definition) is 2. The Morgan fingerprint density at radius 1 is 0.938 bits per heavy atom. The molecule has 7 heteroatoms. The Balaban J connectivity index is 1.70. The molecule has 0 bridgehead atoms. The van der Waals surface area contributed by atoms with E-state index < -0.39 is 12.1 Å². The van der Waals surface area contributed by atoms with Crippen molar-refractivity contribution in [2.24, 2.45) is 0 Å². The Morgan fingerprint density at radius 3 is 2.25 bits per heavy atom. The molecule has 2 atom stereocenters. The number of nitrogens with zero attached hydrogens (tertiary/aromatic N) is 1. The van der Waals surface area contributed by atoms with Gasteiger partial charge >= 0.3 is 5.91 Å². The van der Waals surface area contributed by atoms with Crippen molar-refractivity contribution >= 4 is 18.0 Å². The van der Waals surface area contributed by atoms with Crippen LogP contribution in [0.2, 0.25) is 0 Å². The summed E-state index contributed by atoms with van der Waals surface area (Å²) < 4.78 is 12.4. The lowest BCUT2D eigenvalue weighted by Gasteiger charge is -2.14. The molecule has 1 heterocycles. The Kier molecular flexibility index (Phi) is 6.17. The smallest absolute Gasteiger partial charge is 0.304 e. The summed E-state index contributed by atoms with van der Waals surface area (Å²) in [6.07, 6.45) is 1.81. The molecule has 3 aromatic carbocycles. The van der Waals surface area contributed by atoms with Crippen molar-refractivity contribution in [1.29, 1.82) is 0 Å². The summed E-state index contributed by atoms with van der Waals surface area (Å²) in [4.78, 5) is 25.7. The van der Waals surface area contributed by atoms with Crippen molar-refractivity contribution in [3.8, 4) is 11.5 Å². The molecule has 0 radical (unpaired) electrons. The van der Waals surface area contributed by atoms with Crippen molar-refractivity contribution in [2.45, 2.75) is 12.1 Å². The summed E-state index contributed by atoms with van der Waals surface area (Å²) >= 11 is 0. The number of amides is 2. The van der Waals surface area contributed by atoms with Gasteiger partial charge in [-0.05, 0) is 30.3 Å². The first-order valence-corrected chi connectivity index (χ1v) is 10.2. The quantitative estimate of drug-likeness (QED) is 0.590. The molecule has 0 spiro atoms. The zero-order valence-electron chi connectivity index (χ0n) is 17.8. The molecular weight excluding hydrogens is 406 g/mol. The van der Waals surface area contributed by atoms with E-state index in [0.29, 0.717) is 17.1 Å². The van der Waals surface area contributed by atoms with Crippen LogP contribution in [0, 0.1) is 0 Å². The van der Waals surface area contributed by atoms with Gasteiger partial charge in [-0.15, -0.1) is 10.1 Å². The van der Waals surface area contributed by atoms with E-state index >= 15 is 0 Å². The second kappa shape index (κ2) is 9.34. The topological polar surface area (TPSA) is 79.7 Å². The summed E-state index contributed by atoms with van der Waals surface area (Å²) in [5.74, 6) is 0.596. The third-order valence-electron chi connectivity index (χ3n) is 5.30. The average Bonchev–Trinajstić information content (AvgIpc) is 3.14. The number of carbonyl (C=O) groups is 2. The highest BCUT2D eigenvalue weighted by Crippen LogP contribution is 2.28. The largest absolute Gasteiger partial charge is 0.493 e. The van der Waals surface area contributed by atoms with E-state index in [1.54, 1.807) is 49.2 Å². The van der Waals surface area contributed by atoms with E-state index in [0.717, 1.165) is 11.1 Å². The Morgan fingerprint density at radius 2 is 1.59 bits per heavy atom. The monoisotopic (exact) mass is 430 g/mol. The molecule has 0 aliphatic carbocycles. The van der Waals surface area contributed by atoms with Crippen LogP contribution in [-0.4, -0.2) is 43.0 Å². The predicted octanol–water partition coefficient (Wildman–Crippen LogP) is 2.72. The molecule has 32 heavy (non-hydrogen) atoms. The standard InChI is InChI=1S/C25H23N3O4/c1-31-20-14-13-17(15-21(20)32-2)16-28-23(18-9-5-3-6-10-18)22(25(30)27-28)26-24(29)19-11-7-4-8-12-19/h3-16,22-23H,1-2H3,(H-,26,27,29,30)/p+1/b28-16-/t22-,23-/m1/s1. The highest BCUT2D eigenvalue weighted by molar-refractivity contribution is 5.98. The lowest BCUT2D eigenvalue weighted by Crippen LogP contribution is -2.42. The van der Waals surface area contributed by atoms with Gasteiger partial charge in [0.2, 0.25) is 12.3 Å². The van der Waals surface area contributed by atoms with Crippen LogP contribution >= 0.6 is 0 Å². The molecule has 3 aromatic rings. The van der Waals surface area contributed by atoms with Gasteiger partial charge in [0.25, 0.3) is 5.91 Å². The third kappa shape index (κ3) is 4.32. The maximum absolute atomic E-state index is 12.9. The van der Waals surface area contributed by atoms with Gasteiger partial charge in [0.05, 0.1) is 14.2 Å². The zero-order chi connectivity index (χ0) is 22.5. The van der Waals surface area contributed by atoms with Gasteiger partial charge < -0.3 is 14.8 Å². The maximum Gasteiger partial charge on any atom is 0.304 e. The minimum Gasteiger partial charge on any atom is -0.493 e. The van der Waals surface area contributed by atoms with Crippen LogP contribution in [-0.2, 0) is 4.79 Å². The molecule has 1 aliphatic heterocycles. The fourth-order valence-electron chi connectivity index (χ4n) is 3.74. The first kappa shape index (κ1) is 21.1. The summed E-state index contributed by atoms with van der Waals surface area (Å²) in [6, 6.07) is 22.7. The fraction of sp³-hybridized carbons (Fsp3) is 0.160. The van der Waals surface area contributed by atoms with Gasteiger partial charge in [0, 0.05) is 16.7 Å². The number of methoxy groups -OCH3 is 2. The third-order valence-corrected chi connectivity index (χ3v) is 5.30. The van der Waals surface area contributed by atoms with Gasteiger partial charge in [-0.2, -0.15) is 0 Å². The van der Waals surface area contributed by atoms with Crippen LogP contribution in [0.15, 0.2) is 78.9 Å². The lowest BCUT2D eigenvalue weighted by atomic mass is 10.00. The molecule has 162 valence electrons. The van der Waals surface area contributed by atoms with Gasteiger partial charge in [0.1, 0.15) is 0 Å². The Labute approximate surface area is 186 Å². The molecule has 1 fully saturated rings. The predicted molar refractivity (Wildman–Crippen MR) is 120 cm³/mol. The van der Waals surface area contributed by atoms with Crippen LogP contribution in [0.3, 0.4) is 0 Å². The maximum atomic E-state index is 12.9. The summed E-state index contributed by atoms with van der Waals surface area (Å²) in [6.45, 7) is 0. The van der Waals surface area contributed by atoms with Crippen molar-refractivity contribution in [2.75, 3.05) is 14.2 Å². The zero-order valence-corrected chi connectivity index (χ0v) is 17.8. The molecule has 1 saturated heterocycles. The summed E-state index contributed by atoms with van der Waals surface area (Å²) in [7, 11) is 3.15. The number of carbonyl (C=O) groups excluding carboxylic acids is 2. The number of ether oxygens (including phenoxy) is 2. The molecule has 1 aliphatic rings. The summed E-state index contributed by atoms with van der Waals surface area (Å²) in [5, 5.41) is 2.89. The molecular formula is C25H24N3O4+. The number of rotatable bonds is 6. The van der Waals surface area contributed by atoms with Crippen molar-refractivity contribution in [3.63, 3.8) is 0 Å².